The Labute approximate surface area is 98.8 Å². The van der Waals surface area contributed by atoms with Crippen molar-refractivity contribution >= 4 is 17.8 Å². The number of hydrogen-bond acceptors (Lipinski definition) is 3. The molecule has 16 heavy (non-hydrogen) atoms. The zero-order valence-corrected chi connectivity index (χ0v) is 9.87. The fourth-order valence-electron chi connectivity index (χ4n) is 1.08. The van der Waals surface area contributed by atoms with Crippen LogP contribution in [-0.4, -0.2) is 33.3 Å². The minimum Gasteiger partial charge on any atom is -0.354 e. The van der Waals surface area contributed by atoms with Crippen LogP contribution in [0.3, 0.4) is 0 Å². The van der Waals surface area contributed by atoms with Crippen LogP contribution in [-0.2, 0) is 9.47 Å². The highest BCUT2D eigenvalue weighted by atomic mass is 35.5. The maximum atomic E-state index is 12.8. The van der Waals surface area contributed by atoms with Gasteiger partial charge < -0.3 is 9.47 Å². The molecule has 0 aliphatic heterocycles. The monoisotopic (exact) mass is 245 g/mol. The molecule has 88 valence electrons. The second-order valence-corrected chi connectivity index (χ2v) is 3.48. The highest BCUT2D eigenvalue weighted by Crippen LogP contribution is 2.14. The molecule has 3 nitrogen and oxygen atoms in total. The number of hydrogen-bond donors (Lipinski definition) is 0. The van der Waals surface area contributed by atoms with Gasteiger partial charge in [0.15, 0.2) is 6.29 Å². The summed E-state index contributed by atoms with van der Waals surface area (Å²) < 4.78 is 22.8. The Morgan fingerprint density at radius 2 is 2.12 bits per heavy atom. The lowest BCUT2D eigenvalue weighted by Crippen LogP contribution is -2.16. The molecule has 0 spiro atoms. The topological polar surface area (TPSA) is 30.8 Å². The molecule has 0 amide bonds. The summed E-state index contributed by atoms with van der Waals surface area (Å²) in [5.74, 6) is -0.439. The number of benzene rings is 1. The van der Waals surface area contributed by atoms with Crippen molar-refractivity contribution < 1.29 is 13.9 Å². The average molecular weight is 246 g/mol. The van der Waals surface area contributed by atoms with E-state index in [0.29, 0.717) is 6.54 Å². The quantitative estimate of drug-likeness (QED) is 0.590. The molecule has 0 aromatic heterocycles. The van der Waals surface area contributed by atoms with Crippen molar-refractivity contribution in [2.45, 2.75) is 6.29 Å². The number of rotatable bonds is 5. The molecule has 0 aliphatic rings. The van der Waals surface area contributed by atoms with Crippen LogP contribution < -0.4 is 0 Å². The number of ether oxygens (including phenoxy) is 2. The first kappa shape index (κ1) is 13.1. The fraction of sp³-hybridized carbons (Fsp3) is 0.364. The Bertz CT molecular complexity index is 367. The van der Waals surface area contributed by atoms with Crippen molar-refractivity contribution in [2.24, 2.45) is 4.99 Å². The van der Waals surface area contributed by atoms with E-state index in [1.54, 1.807) is 26.5 Å². The van der Waals surface area contributed by atoms with Gasteiger partial charge in [-0.2, -0.15) is 0 Å². The second-order valence-electron chi connectivity index (χ2n) is 3.07. The number of aliphatic imine (C=N–C) groups is 1. The molecule has 5 heteroatoms. The molecule has 0 saturated carbocycles. The van der Waals surface area contributed by atoms with Crippen LogP contribution in [0, 0.1) is 5.82 Å². The van der Waals surface area contributed by atoms with E-state index in [4.69, 9.17) is 21.1 Å². The molecule has 0 N–H and O–H groups in total. The third-order valence-corrected chi connectivity index (χ3v) is 2.25. The van der Waals surface area contributed by atoms with Gasteiger partial charge in [-0.25, -0.2) is 4.39 Å². The molecule has 0 heterocycles. The van der Waals surface area contributed by atoms with E-state index in [9.17, 15) is 4.39 Å². The summed E-state index contributed by atoms with van der Waals surface area (Å²) in [7, 11) is 3.08. The first-order valence-electron chi connectivity index (χ1n) is 4.68. The van der Waals surface area contributed by atoms with Gasteiger partial charge in [-0.3, -0.25) is 4.99 Å². The maximum Gasteiger partial charge on any atom is 0.176 e. The predicted molar refractivity (Wildman–Crippen MR) is 61.7 cm³/mol. The molecule has 0 unspecified atom stereocenters. The lowest BCUT2D eigenvalue weighted by molar-refractivity contribution is -0.0936. The van der Waals surface area contributed by atoms with Crippen LogP contribution in [0.1, 0.15) is 5.56 Å². The summed E-state index contributed by atoms with van der Waals surface area (Å²) in [6.45, 7) is 0.377. The molecular formula is C11H13ClFNO2. The second kappa shape index (κ2) is 6.58. The van der Waals surface area contributed by atoms with Crippen LogP contribution in [0.25, 0.3) is 0 Å². The smallest absolute Gasteiger partial charge is 0.176 e. The van der Waals surface area contributed by atoms with E-state index < -0.39 is 5.82 Å². The van der Waals surface area contributed by atoms with E-state index in [2.05, 4.69) is 4.99 Å². The Hall–Kier alpha value is -0.970. The Kier molecular flexibility index (Phi) is 5.38. The molecule has 0 atom stereocenters. The summed E-state index contributed by atoms with van der Waals surface area (Å²) in [5.41, 5.74) is 0.734. The highest BCUT2D eigenvalue weighted by molar-refractivity contribution is 6.31. The van der Waals surface area contributed by atoms with Gasteiger partial charge in [-0.15, -0.1) is 0 Å². The molecule has 0 radical (unpaired) electrons. The van der Waals surface area contributed by atoms with Gasteiger partial charge in [0.1, 0.15) is 5.82 Å². The van der Waals surface area contributed by atoms with Gasteiger partial charge in [0, 0.05) is 20.4 Å². The molecule has 0 fully saturated rings. The number of nitrogens with zero attached hydrogens (tertiary/aromatic N) is 1. The van der Waals surface area contributed by atoms with Crippen LogP contribution in [0.5, 0.6) is 0 Å². The number of halogens is 2. The Balaban J connectivity index is 2.59. The zero-order chi connectivity index (χ0) is 12.0. The summed E-state index contributed by atoms with van der Waals surface area (Å²) in [6, 6.07) is 4.40. The van der Waals surface area contributed by atoms with E-state index in [1.807, 2.05) is 0 Å². The van der Waals surface area contributed by atoms with E-state index >= 15 is 0 Å². The van der Waals surface area contributed by atoms with Crippen molar-refractivity contribution in [1.29, 1.82) is 0 Å². The van der Waals surface area contributed by atoms with Gasteiger partial charge in [0.25, 0.3) is 0 Å². The van der Waals surface area contributed by atoms with Crippen molar-refractivity contribution in [2.75, 3.05) is 20.8 Å². The SMILES string of the molecule is COC(C/N=C/c1ccc(F)c(Cl)c1)OC. The Morgan fingerprint density at radius 1 is 1.44 bits per heavy atom. The molecular weight excluding hydrogens is 233 g/mol. The standard InChI is InChI=1S/C11H13ClFNO2/c1-15-11(16-2)7-14-6-8-3-4-10(13)9(12)5-8/h3-6,11H,7H2,1-2H3/b14-6+. The minimum atomic E-state index is -0.439. The van der Waals surface area contributed by atoms with Gasteiger partial charge in [-0.05, 0) is 17.7 Å². The summed E-state index contributed by atoms with van der Waals surface area (Å²) in [4.78, 5) is 4.10. The van der Waals surface area contributed by atoms with Crippen molar-refractivity contribution in [3.8, 4) is 0 Å². The van der Waals surface area contributed by atoms with Crippen molar-refractivity contribution in [1.82, 2.24) is 0 Å². The highest BCUT2D eigenvalue weighted by Gasteiger charge is 2.02. The van der Waals surface area contributed by atoms with E-state index in [0.717, 1.165) is 5.56 Å². The largest absolute Gasteiger partial charge is 0.354 e. The van der Waals surface area contributed by atoms with Crippen LogP contribution >= 0.6 is 11.6 Å². The van der Waals surface area contributed by atoms with Crippen LogP contribution in [0.15, 0.2) is 23.2 Å². The third kappa shape index (κ3) is 3.89. The van der Waals surface area contributed by atoms with Crippen molar-refractivity contribution in [3.05, 3.63) is 34.6 Å². The molecule has 0 aliphatic carbocycles. The zero-order valence-electron chi connectivity index (χ0n) is 9.11. The molecule has 1 rings (SSSR count). The van der Waals surface area contributed by atoms with E-state index in [1.165, 1.54) is 12.1 Å². The van der Waals surface area contributed by atoms with Crippen LogP contribution in [0.4, 0.5) is 4.39 Å². The minimum absolute atomic E-state index is 0.0824. The molecule has 0 bridgehead atoms. The first-order chi connectivity index (χ1) is 7.67. The van der Waals surface area contributed by atoms with Gasteiger partial charge in [-0.1, -0.05) is 17.7 Å². The van der Waals surface area contributed by atoms with Gasteiger partial charge in [0.2, 0.25) is 0 Å². The van der Waals surface area contributed by atoms with Crippen LogP contribution in [0.2, 0.25) is 5.02 Å². The summed E-state index contributed by atoms with van der Waals surface area (Å²) >= 11 is 5.62. The lowest BCUT2D eigenvalue weighted by atomic mass is 10.2. The molecule has 0 saturated heterocycles. The summed E-state index contributed by atoms with van der Waals surface area (Å²) in [5, 5.41) is 0.0824. The summed E-state index contributed by atoms with van der Waals surface area (Å²) in [6.07, 6.45) is 1.23. The molecule has 1 aromatic rings. The van der Waals surface area contributed by atoms with E-state index in [-0.39, 0.29) is 11.3 Å². The van der Waals surface area contributed by atoms with Gasteiger partial charge >= 0.3 is 0 Å². The maximum absolute atomic E-state index is 12.8. The normalized spacial score (nSPS) is 11.6. The predicted octanol–water partition coefficient (Wildman–Crippen LogP) is 2.52. The average Bonchev–Trinajstić information content (AvgIpc) is 2.29. The van der Waals surface area contributed by atoms with Crippen molar-refractivity contribution in [3.63, 3.8) is 0 Å². The first-order valence-corrected chi connectivity index (χ1v) is 5.05. The fourth-order valence-corrected chi connectivity index (χ4v) is 1.27. The third-order valence-electron chi connectivity index (χ3n) is 1.96. The number of methoxy groups -OCH3 is 2. The Morgan fingerprint density at radius 3 is 2.69 bits per heavy atom. The van der Waals surface area contributed by atoms with Gasteiger partial charge in [0.05, 0.1) is 11.6 Å². The lowest BCUT2D eigenvalue weighted by Gasteiger charge is -2.09. The molecule has 1 aromatic carbocycles.